The molecule has 0 radical (unpaired) electrons. The van der Waals surface area contributed by atoms with Gasteiger partial charge in [-0.25, -0.2) is 0 Å². The van der Waals surface area contributed by atoms with Crippen molar-refractivity contribution in [3.8, 4) is 0 Å². The molecule has 0 heterocycles. The predicted molar refractivity (Wildman–Crippen MR) is 119 cm³/mol. The molecular weight excluding hydrogens is 441 g/mol. The van der Waals surface area contributed by atoms with Crippen LogP contribution >= 0.6 is 24.0 Å². The Labute approximate surface area is 175 Å². The highest BCUT2D eigenvalue weighted by Gasteiger charge is 2.20. The first-order chi connectivity index (χ1) is 12.4. The van der Waals surface area contributed by atoms with Gasteiger partial charge in [-0.2, -0.15) is 0 Å². The molecule has 0 saturated heterocycles. The molecule has 1 aromatic carbocycles. The van der Waals surface area contributed by atoms with Crippen LogP contribution in [-0.4, -0.2) is 52.5 Å². The van der Waals surface area contributed by atoms with Crippen molar-refractivity contribution in [2.45, 2.75) is 32.1 Å². The number of nitrogens with one attached hydrogen (secondary N) is 2. The second-order valence-electron chi connectivity index (χ2n) is 6.50. The van der Waals surface area contributed by atoms with Crippen LogP contribution < -0.4 is 10.6 Å². The van der Waals surface area contributed by atoms with E-state index in [0.29, 0.717) is 0 Å². The number of rotatable bonds is 13. The largest absolute Gasteiger partial charge is 0.381 e. The van der Waals surface area contributed by atoms with E-state index in [1.54, 1.807) is 7.05 Å². The SMILES string of the molecule is CN=C(NCCCOCCc1ccccc1)NCCCOCC1CC1.I. The van der Waals surface area contributed by atoms with Gasteiger partial charge in [0.05, 0.1) is 6.61 Å². The Morgan fingerprint density at radius 1 is 1.00 bits per heavy atom. The van der Waals surface area contributed by atoms with Gasteiger partial charge in [0, 0.05) is 40.0 Å². The molecule has 0 aromatic heterocycles. The summed E-state index contributed by atoms with van der Waals surface area (Å²) in [7, 11) is 1.80. The molecular formula is C20H34IN3O2. The number of hydrogen-bond donors (Lipinski definition) is 2. The molecule has 0 aliphatic heterocycles. The first-order valence-corrected chi connectivity index (χ1v) is 9.52. The summed E-state index contributed by atoms with van der Waals surface area (Å²) in [5.74, 6) is 1.70. The number of ether oxygens (including phenoxy) is 2. The van der Waals surface area contributed by atoms with Crippen LogP contribution in [0.2, 0.25) is 0 Å². The van der Waals surface area contributed by atoms with E-state index in [4.69, 9.17) is 9.47 Å². The van der Waals surface area contributed by atoms with Crippen molar-refractivity contribution in [1.82, 2.24) is 10.6 Å². The van der Waals surface area contributed by atoms with Gasteiger partial charge in [-0.3, -0.25) is 4.99 Å². The molecule has 0 spiro atoms. The highest BCUT2D eigenvalue weighted by atomic mass is 127. The van der Waals surface area contributed by atoms with Crippen LogP contribution in [-0.2, 0) is 15.9 Å². The number of aliphatic imine (C=N–C) groups is 1. The van der Waals surface area contributed by atoms with Gasteiger partial charge < -0.3 is 20.1 Å². The Bertz CT molecular complexity index is 481. The molecule has 1 aliphatic carbocycles. The molecule has 1 fully saturated rings. The first kappa shape index (κ1) is 23.2. The molecule has 0 bridgehead atoms. The number of nitrogens with zero attached hydrogens (tertiary/aromatic N) is 1. The summed E-state index contributed by atoms with van der Waals surface area (Å²) >= 11 is 0. The van der Waals surface area contributed by atoms with E-state index in [1.807, 2.05) is 6.07 Å². The lowest BCUT2D eigenvalue weighted by Crippen LogP contribution is -2.38. The van der Waals surface area contributed by atoms with Crippen molar-refractivity contribution in [2.24, 2.45) is 10.9 Å². The van der Waals surface area contributed by atoms with Gasteiger partial charge in [0.1, 0.15) is 0 Å². The maximum atomic E-state index is 5.69. The lowest BCUT2D eigenvalue weighted by atomic mass is 10.2. The minimum Gasteiger partial charge on any atom is -0.381 e. The van der Waals surface area contributed by atoms with Crippen molar-refractivity contribution in [2.75, 3.05) is 46.6 Å². The molecule has 0 amide bonds. The highest BCUT2D eigenvalue weighted by molar-refractivity contribution is 14.0. The van der Waals surface area contributed by atoms with Gasteiger partial charge in [0.25, 0.3) is 0 Å². The standard InChI is InChI=1S/C20H33N3O2.HI/c1-21-20(23-13-6-15-25-17-19-9-10-19)22-12-5-14-24-16-11-18-7-3-2-4-8-18;/h2-4,7-8,19H,5-6,9-17H2,1H3,(H2,21,22,23);1H. The fourth-order valence-electron chi connectivity index (χ4n) is 2.45. The van der Waals surface area contributed by atoms with Crippen molar-refractivity contribution < 1.29 is 9.47 Å². The van der Waals surface area contributed by atoms with Gasteiger partial charge in [-0.15, -0.1) is 24.0 Å². The Hall–Kier alpha value is -0.860. The molecule has 5 nitrogen and oxygen atoms in total. The second-order valence-corrected chi connectivity index (χ2v) is 6.50. The van der Waals surface area contributed by atoms with Gasteiger partial charge in [-0.1, -0.05) is 30.3 Å². The zero-order valence-corrected chi connectivity index (χ0v) is 18.2. The molecule has 2 rings (SSSR count). The third-order valence-corrected chi connectivity index (χ3v) is 4.17. The summed E-state index contributed by atoms with van der Waals surface area (Å²) < 4.78 is 11.3. The minimum atomic E-state index is 0. The van der Waals surface area contributed by atoms with Crippen molar-refractivity contribution in [1.29, 1.82) is 0 Å². The fraction of sp³-hybridized carbons (Fsp3) is 0.650. The summed E-state index contributed by atoms with van der Waals surface area (Å²) in [5, 5.41) is 6.63. The maximum absolute atomic E-state index is 5.69. The van der Waals surface area contributed by atoms with Crippen LogP contribution in [0.5, 0.6) is 0 Å². The Morgan fingerprint density at radius 2 is 1.65 bits per heavy atom. The Balaban J connectivity index is 0.00000338. The van der Waals surface area contributed by atoms with Gasteiger partial charge in [0.15, 0.2) is 5.96 Å². The van der Waals surface area contributed by atoms with Crippen LogP contribution in [0.1, 0.15) is 31.2 Å². The third-order valence-electron chi connectivity index (χ3n) is 4.17. The van der Waals surface area contributed by atoms with Gasteiger partial charge in [-0.05, 0) is 43.6 Å². The smallest absolute Gasteiger partial charge is 0.190 e. The molecule has 148 valence electrons. The fourth-order valence-corrected chi connectivity index (χ4v) is 2.45. The lowest BCUT2D eigenvalue weighted by molar-refractivity contribution is 0.123. The summed E-state index contributed by atoms with van der Waals surface area (Å²) in [6, 6.07) is 10.4. The molecule has 1 aromatic rings. The van der Waals surface area contributed by atoms with Crippen molar-refractivity contribution >= 4 is 29.9 Å². The Kier molecular flexibility index (Phi) is 13.6. The Morgan fingerprint density at radius 3 is 2.27 bits per heavy atom. The van der Waals surface area contributed by atoms with Gasteiger partial charge in [0.2, 0.25) is 0 Å². The lowest BCUT2D eigenvalue weighted by Gasteiger charge is -2.12. The zero-order chi connectivity index (χ0) is 17.6. The number of hydrogen-bond acceptors (Lipinski definition) is 3. The second kappa shape index (κ2) is 15.2. The summed E-state index contributed by atoms with van der Waals surface area (Å²) in [4.78, 5) is 4.23. The molecule has 0 atom stereocenters. The van der Waals surface area contributed by atoms with E-state index in [-0.39, 0.29) is 24.0 Å². The maximum Gasteiger partial charge on any atom is 0.190 e. The van der Waals surface area contributed by atoms with Gasteiger partial charge >= 0.3 is 0 Å². The summed E-state index contributed by atoms with van der Waals surface area (Å²) in [6.45, 7) is 5.07. The molecule has 1 saturated carbocycles. The van der Waals surface area contributed by atoms with Crippen LogP contribution in [0.4, 0.5) is 0 Å². The first-order valence-electron chi connectivity index (χ1n) is 9.52. The molecule has 6 heteroatoms. The highest BCUT2D eigenvalue weighted by Crippen LogP contribution is 2.28. The van der Waals surface area contributed by atoms with Crippen LogP contribution in [0, 0.1) is 5.92 Å². The third kappa shape index (κ3) is 11.7. The number of guanidine groups is 1. The van der Waals surface area contributed by atoms with Crippen molar-refractivity contribution in [3.05, 3.63) is 35.9 Å². The average molecular weight is 475 g/mol. The summed E-state index contributed by atoms with van der Waals surface area (Å²) in [5.41, 5.74) is 1.33. The molecule has 1 aliphatic rings. The van der Waals surface area contributed by atoms with Crippen LogP contribution in [0.3, 0.4) is 0 Å². The number of halogens is 1. The quantitative estimate of drug-likeness (QED) is 0.199. The monoisotopic (exact) mass is 475 g/mol. The van der Waals surface area contributed by atoms with Crippen LogP contribution in [0.25, 0.3) is 0 Å². The average Bonchev–Trinajstić information content (AvgIpc) is 3.47. The minimum absolute atomic E-state index is 0. The topological polar surface area (TPSA) is 54.9 Å². The zero-order valence-electron chi connectivity index (χ0n) is 15.9. The van der Waals surface area contributed by atoms with E-state index >= 15 is 0 Å². The van der Waals surface area contributed by atoms with Crippen LogP contribution in [0.15, 0.2) is 35.3 Å². The summed E-state index contributed by atoms with van der Waals surface area (Å²) in [6.07, 6.45) is 5.66. The predicted octanol–water partition coefficient (Wildman–Crippen LogP) is 3.24. The molecule has 26 heavy (non-hydrogen) atoms. The van der Waals surface area contributed by atoms with E-state index in [0.717, 1.165) is 70.7 Å². The van der Waals surface area contributed by atoms with E-state index in [9.17, 15) is 0 Å². The normalized spacial score (nSPS) is 14.0. The number of benzene rings is 1. The molecule has 2 N–H and O–H groups in total. The molecule has 0 unspecified atom stereocenters. The van der Waals surface area contributed by atoms with E-state index in [2.05, 4.69) is 39.9 Å². The van der Waals surface area contributed by atoms with E-state index < -0.39 is 0 Å². The van der Waals surface area contributed by atoms with E-state index in [1.165, 1.54) is 18.4 Å². The van der Waals surface area contributed by atoms with Crippen molar-refractivity contribution in [3.63, 3.8) is 0 Å².